The molecule has 0 atom stereocenters. The van der Waals surface area contributed by atoms with E-state index in [2.05, 4.69) is 206 Å². The van der Waals surface area contributed by atoms with Gasteiger partial charge in [-0.3, -0.25) is 4.90 Å². The molecule has 2 aliphatic rings. The lowest BCUT2D eigenvalue weighted by molar-refractivity contribution is -0.136. The summed E-state index contributed by atoms with van der Waals surface area (Å²) < 4.78 is 41.7. The monoisotopic (exact) mass is 984 g/mol. The van der Waals surface area contributed by atoms with Crippen LogP contribution < -0.4 is 15.1 Å². The predicted octanol–water partition coefficient (Wildman–Crippen LogP) is 8.09. The zero-order valence-electron chi connectivity index (χ0n) is 38.3. The Morgan fingerprint density at radius 3 is 1.41 bits per heavy atom. The third-order valence-corrected chi connectivity index (χ3v) is 9.43. The van der Waals surface area contributed by atoms with Gasteiger partial charge in [0, 0.05) is 165 Å². The van der Waals surface area contributed by atoms with Crippen molar-refractivity contribution in [3.05, 3.63) is 95.3 Å². The number of aryl methyl sites for hydroxylation is 1. The average Bonchev–Trinajstić information content (AvgIpc) is 3.64. The van der Waals surface area contributed by atoms with Crippen LogP contribution in [-0.4, -0.2) is 21.6 Å². The number of terminal acetylenes is 1. The van der Waals surface area contributed by atoms with Crippen LogP contribution in [-0.2, 0) is 6.18 Å². The molecule has 1 aliphatic heterocycles. The first kappa shape index (κ1) is 54.8. The van der Waals surface area contributed by atoms with E-state index in [-0.39, 0.29) is 10.8 Å². The smallest absolute Gasteiger partial charge is 0.331 e. The fourth-order valence-corrected chi connectivity index (χ4v) is 6.51. The summed E-state index contributed by atoms with van der Waals surface area (Å²) in [5.74, 6) is 80.8. The summed E-state index contributed by atoms with van der Waals surface area (Å²) in [6.45, 7) is 9.20. The summed E-state index contributed by atoms with van der Waals surface area (Å²) in [7, 11) is 0. The molecule has 2 fully saturated rings. The number of hydrogen-bond donors (Lipinski definition) is 1. The van der Waals surface area contributed by atoms with Crippen molar-refractivity contribution in [3.63, 3.8) is 0 Å². The van der Waals surface area contributed by atoms with Crippen LogP contribution in [0.2, 0.25) is 0 Å². The molecule has 74 heavy (non-hydrogen) atoms. The van der Waals surface area contributed by atoms with Crippen molar-refractivity contribution in [2.24, 2.45) is 4.99 Å². The third kappa shape index (κ3) is 18.0. The van der Waals surface area contributed by atoms with Gasteiger partial charge >= 0.3 is 6.18 Å². The molecule has 0 bridgehead atoms. The number of anilines is 3. The summed E-state index contributed by atoms with van der Waals surface area (Å²) in [4.78, 5) is 11.4. The van der Waals surface area contributed by atoms with Gasteiger partial charge in [0.25, 0.3) is 0 Å². The number of hydrogen-bond acceptors (Lipinski definition) is 3. The van der Waals surface area contributed by atoms with Crippen LogP contribution in [0.1, 0.15) is 30.4 Å². The molecule has 11 heteroatoms. The summed E-state index contributed by atoms with van der Waals surface area (Å²) >= 11 is 11.5. The maximum Gasteiger partial charge on any atom is 0.407 e. The van der Waals surface area contributed by atoms with Crippen molar-refractivity contribution >= 4 is 63.2 Å². The number of para-hydroxylation sites is 1. The summed E-state index contributed by atoms with van der Waals surface area (Å²) in [5, 5.41) is 11.7. The highest BCUT2D eigenvalue weighted by Crippen LogP contribution is 2.49. The molecule has 5 rings (SSSR count). The lowest BCUT2D eigenvalue weighted by atomic mass is 9.74. The fourth-order valence-electron chi connectivity index (χ4n) is 5.84. The Morgan fingerprint density at radius 2 is 1.04 bits per heavy atom. The molecular formula is C63H23F3N6S2. The SMILES string of the molecule is C#CC#CC#CC#CC#CC#CC#CC#CC#CC#CC#CC#CC#CC#CC#CC#CC#CC#N.[C-]#[N+]c1ccc(N2C(=S)N(c3ccc(C)cc3)C3(CCC3)C2=NC(=S)Nc2ccccc2)cc1C(F)(F)F. The summed E-state index contributed by atoms with van der Waals surface area (Å²) in [6.07, 6.45) is 2.53. The van der Waals surface area contributed by atoms with Crippen LogP contribution in [0.3, 0.4) is 0 Å². The predicted molar refractivity (Wildman–Crippen MR) is 292 cm³/mol. The molecule has 1 spiro atoms. The summed E-state index contributed by atoms with van der Waals surface area (Å²) in [5.41, 5.74) is 0.667. The molecule has 6 nitrogen and oxygen atoms in total. The van der Waals surface area contributed by atoms with Crippen molar-refractivity contribution in [1.82, 2.24) is 0 Å². The van der Waals surface area contributed by atoms with Gasteiger partial charge in [-0.25, -0.2) is 9.84 Å². The van der Waals surface area contributed by atoms with E-state index in [1.807, 2.05) is 66.4 Å². The minimum absolute atomic E-state index is 0.171. The topological polar surface area (TPSA) is 59.0 Å². The molecule has 338 valence electrons. The number of nitrogens with one attached hydrogen (secondary N) is 1. The molecule has 0 amide bonds. The minimum atomic E-state index is -4.70. The molecule has 1 saturated carbocycles. The van der Waals surface area contributed by atoms with E-state index in [9.17, 15) is 13.2 Å². The van der Waals surface area contributed by atoms with E-state index < -0.39 is 23.0 Å². The molecule has 1 aliphatic carbocycles. The maximum atomic E-state index is 13.9. The normalized spacial score (nSPS) is 10.8. The van der Waals surface area contributed by atoms with E-state index >= 15 is 0 Å². The maximum absolute atomic E-state index is 13.9. The lowest BCUT2D eigenvalue weighted by Gasteiger charge is -2.44. The first-order valence-electron chi connectivity index (χ1n) is 20.7. The standard InChI is InChI=1S/C35HN.C28H22F3N5S2/c1-2-3-4-5-6-7-8-9-10-11-12-13-14-15-16-17-18-19-20-21-22-23-24-25-26-27-28-29-30-31-32-33-34-35-36;1-18-9-11-20(12-10-18)36-26(38)35(21-13-14-23(32-2)22(17-21)28(29,30)31)24(27(36)15-6-16-27)34-25(37)33-19-7-4-3-5-8-19/h1H;3-5,7-14,17H,6,15-16H2,1H3,(H,33,37). The van der Waals surface area contributed by atoms with Crippen LogP contribution in [0, 0.1) is 227 Å². The van der Waals surface area contributed by atoms with Gasteiger partial charge in [0.1, 0.15) is 11.4 Å². The highest BCUT2D eigenvalue weighted by molar-refractivity contribution is 7.81. The minimum Gasteiger partial charge on any atom is -0.331 e. The average molecular weight is 985 g/mol. The number of nitrogens with zero attached hydrogens (tertiary/aromatic N) is 5. The van der Waals surface area contributed by atoms with Crippen molar-refractivity contribution in [3.8, 4) is 208 Å². The molecule has 1 N–H and O–H groups in total. The van der Waals surface area contributed by atoms with E-state index in [4.69, 9.17) is 47.7 Å². The number of thiocarbonyl (C=S) groups is 2. The van der Waals surface area contributed by atoms with E-state index in [0.717, 1.165) is 29.4 Å². The Morgan fingerprint density at radius 1 is 0.635 bits per heavy atom. The Bertz CT molecular complexity index is 3890. The molecule has 0 unspecified atom stereocenters. The first-order chi connectivity index (χ1) is 36.1. The Hall–Kier alpha value is -11.8. The van der Waals surface area contributed by atoms with Gasteiger partial charge in [-0.05, 0) is 134 Å². The quantitative estimate of drug-likeness (QED) is 0.163. The Labute approximate surface area is 440 Å². The largest absolute Gasteiger partial charge is 0.407 e. The van der Waals surface area contributed by atoms with Crippen LogP contribution in [0.15, 0.2) is 77.8 Å². The molecule has 1 saturated heterocycles. The number of alkyl halides is 3. The van der Waals surface area contributed by atoms with Gasteiger partial charge in [0.15, 0.2) is 22.0 Å². The Kier molecular flexibility index (Phi) is 22.6. The number of benzene rings is 3. The second-order valence-electron chi connectivity index (χ2n) is 13.5. The number of nitriles is 1. The number of aliphatic imine (C=N–C) groups is 1. The van der Waals surface area contributed by atoms with Gasteiger partial charge in [-0.1, -0.05) is 42.0 Å². The molecule has 3 aromatic carbocycles. The van der Waals surface area contributed by atoms with Crippen LogP contribution >= 0.6 is 24.4 Å². The second-order valence-corrected chi connectivity index (χ2v) is 14.2. The number of amidine groups is 1. The van der Waals surface area contributed by atoms with Crippen molar-refractivity contribution in [1.29, 1.82) is 5.26 Å². The zero-order valence-corrected chi connectivity index (χ0v) is 39.9. The van der Waals surface area contributed by atoms with E-state index in [1.165, 1.54) is 12.1 Å². The lowest BCUT2D eigenvalue weighted by Crippen LogP contribution is -2.55. The number of halogens is 3. The molecule has 0 radical (unpaired) electrons. The van der Waals surface area contributed by atoms with E-state index in [0.29, 0.717) is 23.8 Å². The number of rotatable bonds is 3. The first-order valence-corrected chi connectivity index (χ1v) is 21.5. The zero-order chi connectivity index (χ0) is 53.1. The van der Waals surface area contributed by atoms with Crippen molar-refractivity contribution in [2.45, 2.75) is 37.9 Å². The fraction of sp³-hybridized carbons (Fsp3) is 0.0952. The highest BCUT2D eigenvalue weighted by atomic mass is 32.1. The molecule has 0 aromatic heterocycles. The van der Waals surface area contributed by atoms with Crippen molar-refractivity contribution < 1.29 is 13.2 Å². The van der Waals surface area contributed by atoms with Gasteiger partial charge in [-0.15, -0.1) is 6.42 Å². The van der Waals surface area contributed by atoms with Crippen LogP contribution in [0.25, 0.3) is 4.85 Å². The molecule has 1 heterocycles. The van der Waals surface area contributed by atoms with Gasteiger partial charge in [0.05, 0.1) is 12.1 Å². The molecular weight excluding hydrogens is 962 g/mol. The van der Waals surface area contributed by atoms with Crippen molar-refractivity contribution in [2.75, 3.05) is 15.1 Å². The van der Waals surface area contributed by atoms with E-state index in [1.54, 1.807) is 11.0 Å². The van der Waals surface area contributed by atoms with Crippen LogP contribution in [0.4, 0.5) is 35.9 Å². The van der Waals surface area contributed by atoms with Gasteiger partial charge < -0.3 is 10.2 Å². The second kappa shape index (κ2) is 30.6. The molecule has 3 aromatic rings. The van der Waals surface area contributed by atoms with Gasteiger partial charge in [0.2, 0.25) is 0 Å². The third-order valence-electron chi connectivity index (χ3n) is 8.87. The summed E-state index contributed by atoms with van der Waals surface area (Å²) in [6, 6.07) is 22.4. The highest BCUT2D eigenvalue weighted by Gasteiger charge is 2.58. The Balaban J connectivity index is 0.000000322. The van der Waals surface area contributed by atoms with Crippen LogP contribution in [0.5, 0.6) is 0 Å². The van der Waals surface area contributed by atoms with Gasteiger partial charge in [-0.2, -0.15) is 18.4 Å².